The summed E-state index contributed by atoms with van der Waals surface area (Å²) in [5.74, 6) is -1.26. The predicted octanol–water partition coefficient (Wildman–Crippen LogP) is 7.69. The number of carbonyl (C=O) groups excluding carboxylic acids is 1. The molecular weight excluding hydrogens is 544 g/mol. The summed E-state index contributed by atoms with van der Waals surface area (Å²) in [6.45, 7) is 14.3. The molecule has 1 amide bonds. The van der Waals surface area contributed by atoms with E-state index in [1.54, 1.807) is 19.1 Å². The molecule has 0 aromatic heterocycles. The summed E-state index contributed by atoms with van der Waals surface area (Å²) < 4.78 is 28.9. The Morgan fingerprint density at radius 3 is 2.42 bits per heavy atom. The monoisotopic (exact) mass is 591 g/mol. The zero-order chi connectivity index (χ0) is 31.3. The highest BCUT2D eigenvalue weighted by molar-refractivity contribution is 5.93. The first kappa shape index (κ1) is 32.8. The Morgan fingerprint density at radius 1 is 1.12 bits per heavy atom. The van der Waals surface area contributed by atoms with Crippen molar-refractivity contribution in [1.82, 2.24) is 9.80 Å². The summed E-state index contributed by atoms with van der Waals surface area (Å²) >= 11 is 0. The van der Waals surface area contributed by atoms with Crippen LogP contribution in [-0.4, -0.2) is 46.6 Å². The Bertz CT molecular complexity index is 1350. The molecule has 0 radical (unpaired) electrons. The first-order chi connectivity index (χ1) is 20.4. The molecule has 3 aromatic carbocycles. The van der Waals surface area contributed by atoms with Crippen LogP contribution in [-0.2, 0) is 16.8 Å². The zero-order valence-electron chi connectivity index (χ0n) is 26.4. The lowest BCUT2D eigenvalue weighted by Gasteiger charge is -2.39. The Kier molecular flexibility index (Phi) is 10.8. The number of rotatable bonds is 11. The van der Waals surface area contributed by atoms with Gasteiger partial charge in [0, 0.05) is 43.5 Å². The van der Waals surface area contributed by atoms with Crippen molar-refractivity contribution in [2.75, 3.05) is 25.0 Å². The number of amides is 1. The maximum atomic E-state index is 15.1. The molecule has 1 unspecified atom stereocenters. The molecule has 1 heterocycles. The summed E-state index contributed by atoms with van der Waals surface area (Å²) in [5, 5.41) is 14.8. The third-order valence-electron chi connectivity index (χ3n) is 8.51. The third kappa shape index (κ3) is 8.08. The number of aliphatic hydroxyl groups excluding tert-OH is 1. The summed E-state index contributed by atoms with van der Waals surface area (Å²) in [4.78, 5) is 17.8. The van der Waals surface area contributed by atoms with Crippen molar-refractivity contribution in [1.29, 1.82) is 0 Å². The van der Waals surface area contributed by atoms with Crippen LogP contribution in [0, 0.1) is 18.7 Å². The predicted molar refractivity (Wildman–Crippen MR) is 170 cm³/mol. The molecule has 0 aliphatic carbocycles. The van der Waals surface area contributed by atoms with Crippen molar-refractivity contribution in [2.24, 2.45) is 5.92 Å². The van der Waals surface area contributed by atoms with E-state index < -0.39 is 30.2 Å². The summed E-state index contributed by atoms with van der Waals surface area (Å²) in [5.41, 5.74) is 4.52. The molecule has 4 atom stereocenters. The van der Waals surface area contributed by atoms with Crippen molar-refractivity contribution >= 4 is 11.6 Å². The van der Waals surface area contributed by atoms with E-state index in [1.807, 2.05) is 61.2 Å². The second-order valence-electron chi connectivity index (χ2n) is 13.0. The van der Waals surface area contributed by atoms with Crippen molar-refractivity contribution < 1.29 is 18.7 Å². The number of benzene rings is 3. The zero-order valence-corrected chi connectivity index (χ0v) is 26.4. The van der Waals surface area contributed by atoms with E-state index in [-0.39, 0.29) is 16.9 Å². The molecule has 1 saturated heterocycles. The van der Waals surface area contributed by atoms with Gasteiger partial charge in [-0.15, -0.1) is 0 Å². The number of hydrogen-bond donors (Lipinski definition) is 2. The quantitative estimate of drug-likeness (QED) is 0.225. The summed E-state index contributed by atoms with van der Waals surface area (Å²) in [6.07, 6.45) is -0.778. The minimum absolute atomic E-state index is 0.0729. The minimum atomic E-state index is -1.25. The number of halogens is 2. The number of aryl methyl sites for hydroxylation is 1. The van der Waals surface area contributed by atoms with E-state index in [0.717, 1.165) is 23.2 Å². The SMILES string of the molecule is CCCN(C(O)c1c(C)cccc1F)[C@@H](c1ccc(CN2CC[C@H](F)C2)cc1)[C@H](C)C(=O)Nc1cccc(C(C)(C)C)c1. The summed E-state index contributed by atoms with van der Waals surface area (Å²) in [7, 11) is 0. The van der Waals surface area contributed by atoms with E-state index in [0.29, 0.717) is 43.7 Å². The molecule has 0 saturated carbocycles. The standard InChI is InChI=1S/C36H47F2N3O2/c1-7-19-41(35(43)32-24(2)10-8-13-31(32)38)33(27-16-14-26(15-17-27)22-40-20-18-29(37)23-40)25(3)34(42)39-30-12-9-11-28(21-30)36(4,5)6/h8-17,21,25,29,33,35,43H,7,18-20,22-23H2,1-6H3,(H,39,42)/t25-,29-,33+,35?/m0/s1. The second-order valence-corrected chi connectivity index (χ2v) is 13.0. The topological polar surface area (TPSA) is 55.8 Å². The lowest BCUT2D eigenvalue weighted by Crippen LogP contribution is -2.41. The maximum absolute atomic E-state index is 15.1. The van der Waals surface area contributed by atoms with Gasteiger partial charge in [-0.2, -0.15) is 0 Å². The molecule has 2 N–H and O–H groups in total. The average molecular weight is 592 g/mol. The number of alkyl halides is 1. The van der Waals surface area contributed by atoms with Gasteiger partial charge in [-0.05, 0) is 65.6 Å². The number of carbonyl (C=O) groups is 1. The van der Waals surface area contributed by atoms with Gasteiger partial charge in [0.2, 0.25) is 5.91 Å². The lowest BCUT2D eigenvalue weighted by molar-refractivity contribution is -0.124. The van der Waals surface area contributed by atoms with E-state index in [4.69, 9.17) is 0 Å². The molecule has 3 aromatic rings. The number of hydrogen-bond acceptors (Lipinski definition) is 4. The Morgan fingerprint density at radius 2 is 1.81 bits per heavy atom. The molecule has 0 spiro atoms. The Balaban J connectivity index is 1.69. The first-order valence-corrected chi connectivity index (χ1v) is 15.4. The maximum Gasteiger partial charge on any atom is 0.229 e. The van der Waals surface area contributed by atoms with Crippen molar-refractivity contribution in [3.8, 4) is 0 Å². The lowest BCUT2D eigenvalue weighted by atomic mass is 9.87. The molecule has 7 heteroatoms. The van der Waals surface area contributed by atoms with Gasteiger partial charge < -0.3 is 10.4 Å². The van der Waals surface area contributed by atoms with Gasteiger partial charge in [0.05, 0.1) is 5.92 Å². The van der Waals surface area contributed by atoms with Crippen LogP contribution >= 0.6 is 0 Å². The van der Waals surface area contributed by atoms with Crippen LogP contribution < -0.4 is 5.32 Å². The average Bonchev–Trinajstić information content (AvgIpc) is 3.37. The van der Waals surface area contributed by atoms with Crippen LogP contribution in [0.5, 0.6) is 0 Å². The normalized spacial score (nSPS) is 18.0. The van der Waals surface area contributed by atoms with Crippen molar-refractivity contribution in [3.05, 3.63) is 100 Å². The first-order valence-electron chi connectivity index (χ1n) is 15.4. The van der Waals surface area contributed by atoms with Gasteiger partial charge in [0.25, 0.3) is 0 Å². The van der Waals surface area contributed by atoms with Crippen molar-refractivity contribution in [2.45, 2.75) is 84.8 Å². The molecule has 1 fully saturated rings. The number of nitrogens with one attached hydrogen (secondary N) is 1. The molecule has 232 valence electrons. The molecule has 43 heavy (non-hydrogen) atoms. The molecule has 4 rings (SSSR count). The molecule has 1 aliphatic heterocycles. The Labute approximate surface area is 255 Å². The van der Waals surface area contributed by atoms with Gasteiger partial charge in [0.15, 0.2) is 0 Å². The van der Waals surface area contributed by atoms with E-state index >= 15 is 4.39 Å². The van der Waals surface area contributed by atoms with Crippen LogP contribution in [0.25, 0.3) is 0 Å². The number of likely N-dealkylation sites (tertiary alicyclic amines) is 1. The number of anilines is 1. The number of aliphatic hydroxyl groups is 1. The largest absolute Gasteiger partial charge is 0.374 e. The fourth-order valence-electron chi connectivity index (χ4n) is 6.05. The molecular formula is C36H47F2N3O2. The van der Waals surface area contributed by atoms with E-state index in [1.165, 1.54) is 6.07 Å². The molecule has 1 aliphatic rings. The van der Waals surface area contributed by atoms with Gasteiger partial charge >= 0.3 is 0 Å². The van der Waals surface area contributed by atoms with Crippen molar-refractivity contribution in [3.63, 3.8) is 0 Å². The van der Waals surface area contributed by atoms with Gasteiger partial charge in [0.1, 0.15) is 18.2 Å². The fourth-order valence-corrected chi connectivity index (χ4v) is 6.05. The van der Waals surface area contributed by atoms with Crippen LogP contribution in [0.15, 0.2) is 66.7 Å². The van der Waals surface area contributed by atoms with Crippen LogP contribution in [0.1, 0.15) is 87.5 Å². The van der Waals surface area contributed by atoms with Crippen LogP contribution in [0.2, 0.25) is 0 Å². The molecule has 5 nitrogen and oxygen atoms in total. The third-order valence-corrected chi connectivity index (χ3v) is 8.51. The number of nitrogens with zero attached hydrogens (tertiary/aromatic N) is 2. The van der Waals surface area contributed by atoms with Gasteiger partial charge in [-0.1, -0.05) is 83.1 Å². The highest BCUT2D eigenvalue weighted by Gasteiger charge is 2.36. The summed E-state index contributed by atoms with van der Waals surface area (Å²) in [6, 6.07) is 20.1. The smallest absolute Gasteiger partial charge is 0.229 e. The van der Waals surface area contributed by atoms with Gasteiger partial charge in [-0.25, -0.2) is 8.78 Å². The van der Waals surface area contributed by atoms with E-state index in [9.17, 15) is 14.3 Å². The minimum Gasteiger partial charge on any atom is -0.374 e. The highest BCUT2D eigenvalue weighted by Crippen LogP contribution is 2.38. The van der Waals surface area contributed by atoms with Crippen LogP contribution in [0.3, 0.4) is 0 Å². The second kappa shape index (κ2) is 14.1. The van der Waals surface area contributed by atoms with Crippen LogP contribution in [0.4, 0.5) is 14.5 Å². The molecule has 0 bridgehead atoms. The highest BCUT2D eigenvalue weighted by atomic mass is 19.1. The van der Waals surface area contributed by atoms with Gasteiger partial charge in [-0.3, -0.25) is 14.6 Å². The van der Waals surface area contributed by atoms with E-state index in [2.05, 4.69) is 37.1 Å². The Hall–Kier alpha value is -3.13. The fraction of sp³-hybridized carbons (Fsp3) is 0.472.